The lowest BCUT2D eigenvalue weighted by molar-refractivity contribution is 0.221. The van der Waals surface area contributed by atoms with E-state index in [1.807, 2.05) is 0 Å². The average Bonchev–Trinajstić information content (AvgIpc) is 1.54. The highest BCUT2D eigenvalue weighted by atomic mass is 32.2. The van der Waals surface area contributed by atoms with Gasteiger partial charge in [0.1, 0.15) is 0 Å². The second-order valence-electron chi connectivity index (χ2n) is 2.21. The Morgan fingerprint density at radius 2 is 1.91 bits per heavy atom. The minimum atomic E-state index is -4.50. The number of hydrogen-bond donors (Lipinski definition) is 2. The van der Waals surface area contributed by atoms with E-state index in [2.05, 4.69) is 5.73 Å². The van der Waals surface area contributed by atoms with Crippen LogP contribution >= 0.6 is 0 Å². The third-order valence-corrected chi connectivity index (χ3v) is 2.03. The van der Waals surface area contributed by atoms with E-state index in [9.17, 15) is 13.2 Å². The lowest BCUT2D eigenvalue weighted by Gasteiger charge is -2.19. The van der Waals surface area contributed by atoms with Crippen molar-refractivity contribution < 1.29 is 17.8 Å². The molecule has 0 radical (unpaired) electrons. The van der Waals surface area contributed by atoms with Crippen molar-refractivity contribution in [2.75, 3.05) is 0 Å². The molecule has 0 aromatic heterocycles. The highest BCUT2D eigenvalue weighted by molar-refractivity contribution is 7.84. The van der Waals surface area contributed by atoms with Gasteiger partial charge in [0.05, 0.1) is 0 Å². The van der Waals surface area contributed by atoms with E-state index in [4.69, 9.17) is 4.55 Å². The van der Waals surface area contributed by atoms with E-state index in [1.165, 1.54) is 13.8 Å². The van der Waals surface area contributed by atoms with E-state index >= 15 is 0 Å². The molecule has 0 atom stereocenters. The van der Waals surface area contributed by atoms with E-state index < -0.39 is 22.4 Å². The second kappa shape index (κ2) is 3.05. The molecule has 0 aromatic carbocycles. The van der Waals surface area contributed by atoms with Crippen molar-refractivity contribution in [2.24, 2.45) is 5.73 Å². The van der Waals surface area contributed by atoms with Crippen molar-refractivity contribution in [3.63, 3.8) is 0 Å². The predicted octanol–water partition coefficient (Wildman–Crippen LogP) is -0.422. The molecule has 3 N–H and O–H groups in total. The first kappa shape index (κ1) is 10.2. The summed E-state index contributed by atoms with van der Waals surface area (Å²) in [6.45, 7) is 2.83. The van der Waals surface area contributed by atoms with Crippen molar-refractivity contribution in [1.29, 1.82) is 0 Å². The topological polar surface area (TPSA) is 101 Å². The monoisotopic (exact) mass is 182 g/mol. The Balaban J connectivity index is 4.79. The number of nitrogens with two attached hydrogens (primary N) is 1. The SMILES string of the molecule is CC(C)N(C(N)=O)S(=O)(=O)O. The van der Waals surface area contributed by atoms with Crippen LogP contribution in [0, 0.1) is 0 Å². The number of amides is 2. The van der Waals surface area contributed by atoms with Gasteiger partial charge in [-0.3, -0.25) is 4.55 Å². The van der Waals surface area contributed by atoms with Crippen LogP contribution in [-0.4, -0.2) is 29.3 Å². The molecule has 0 bridgehead atoms. The first-order valence-electron chi connectivity index (χ1n) is 2.83. The minimum Gasteiger partial charge on any atom is -0.351 e. The average molecular weight is 182 g/mol. The Bertz CT molecular complexity index is 245. The number of nitrogens with zero attached hydrogens (tertiary/aromatic N) is 1. The lowest BCUT2D eigenvalue weighted by Crippen LogP contribution is -2.44. The summed E-state index contributed by atoms with van der Waals surface area (Å²) < 4.78 is 29.4. The van der Waals surface area contributed by atoms with Gasteiger partial charge in [-0.15, -0.1) is 0 Å². The van der Waals surface area contributed by atoms with E-state index in [0.717, 1.165) is 0 Å². The highest BCUT2D eigenvalue weighted by Crippen LogP contribution is 2.02. The van der Waals surface area contributed by atoms with Crippen LogP contribution in [0.1, 0.15) is 13.8 Å². The number of hydrogen-bond acceptors (Lipinski definition) is 3. The summed E-state index contributed by atoms with van der Waals surface area (Å²) in [5, 5.41) is 0. The van der Waals surface area contributed by atoms with Crippen LogP contribution in [0.15, 0.2) is 0 Å². The van der Waals surface area contributed by atoms with Gasteiger partial charge in [0, 0.05) is 6.04 Å². The maximum absolute atomic E-state index is 10.4. The molecule has 0 unspecified atom stereocenters. The smallest absolute Gasteiger partial charge is 0.351 e. The summed E-state index contributed by atoms with van der Waals surface area (Å²) in [4.78, 5) is 10.4. The van der Waals surface area contributed by atoms with Crippen molar-refractivity contribution in [3.05, 3.63) is 0 Å². The van der Waals surface area contributed by atoms with Crippen LogP contribution in [0.3, 0.4) is 0 Å². The Morgan fingerprint density at radius 1 is 1.55 bits per heavy atom. The summed E-state index contributed by atoms with van der Waals surface area (Å²) in [6.07, 6.45) is 0. The third-order valence-electron chi connectivity index (χ3n) is 0.935. The maximum Gasteiger partial charge on any atom is 0.363 e. The molecule has 0 heterocycles. The fourth-order valence-corrected chi connectivity index (χ4v) is 1.39. The van der Waals surface area contributed by atoms with Crippen molar-refractivity contribution in [3.8, 4) is 0 Å². The molecule has 6 nitrogen and oxygen atoms in total. The van der Waals surface area contributed by atoms with Gasteiger partial charge >= 0.3 is 16.3 Å². The number of carbonyl (C=O) groups is 1. The van der Waals surface area contributed by atoms with Crippen molar-refractivity contribution in [2.45, 2.75) is 19.9 Å². The molecule has 0 fully saturated rings. The van der Waals surface area contributed by atoms with Crippen molar-refractivity contribution in [1.82, 2.24) is 4.31 Å². The fourth-order valence-electron chi connectivity index (χ4n) is 0.635. The molecule has 0 spiro atoms. The Hall–Kier alpha value is -0.820. The van der Waals surface area contributed by atoms with Gasteiger partial charge in [0.2, 0.25) is 0 Å². The van der Waals surface area contributed by atoms with E-state index in [0.29, 0.717) is 0 Å². The van der Waals surface area contributed by atoms with Crippen LogP contribution < -0.4 is 5.73 Å². The number of primary amides is 1. The van der Waals surface area contributed by atoms with Crippen LogP contribution in [0.5, 0.6) is 0 Å². The Labute approximate surface area is 64.9 Å². The highest BCUT2D eigenvalue weighted by Gasteiger charge is 2.25. The number of carbonyl (C=O) groups excluding carboxylic acids is 1. The molecule has 0 aliphatic rings. The number of urea groups is 1. The summed E-state index contributed by atoms with van der Waals surface area (Å²) in [5.74, 6) is 0. The van der Waals surface area contributed by atoms with Crippen LogP contribution in [0.4, 0.5) is 4.79 Å². The minimum absolute atomic E-state index is 0.188. The second-order valence-corrected chi connectivity index (χ2v) is 3.49. The molecule has 11 heavy (non-hydrogen) atoms. The zero-order chi connectivity index (χ0) is 9.23. The van der Waals surface area contributed by atoms with Crippen LogP contribution in [0.25, 0.3) is 0 Å². The quantitative estimate of drug-likeness (QED) is 0.566. The zero-order valence-corrected chi connectivity index (χ0v) is 7.00. The van der Waals surface area contributed by atoms with Gasteiger partial charge in [0.25, 0.3) is 0 Å². The molecule has 0 saturated carbocycles. The third kappa shape index (κ3) is 2.72. The molecule has 0 saturated heterocycles. The van der Waals surface area contributed by atoms with Gasteiger partial charge in [-0.1, -0.05) is 0 Å². The van der Waals surface area contributed by atoms with Gasteiger partial charge in [0.15, 0.2) is 0 Å². The van der Waals surface area contributed by atoms with Crippen LogP contribution in [0.2, 0.25) is 0 Å². The predicted molar refractivity (Wildman–Crippen MR) is 38.1 cm³/mol. The largest absolute Gasteiger partial charge is 0.363 e. The summed E-state index contributed by atoms with van der Waals surface area (Å²) >= 11 is 0. The molecular formula is C4H10N2O4S. The summed E-state index contributed by atoms with van der Waals surface area (Å²) in [6, 6.07) is -1.87. The fraction of sp³-hybridized carbons (Fsp3) is 0.750. The lowest BCUT2D eigenvalue weighted by atomic mass is 10.4. The van der Waals surface area contributed by atoms with Crippen molar-refractivity contribution >= 4 is 16.3 Å². The summed E-state index contributed by atoms with van der Waals surface area (Å²) in [7, 11) is -4.50. The molecule has 7 heteroatoms. The van der Waals surface area contributed by atoms with Gasteiger partial charge < -0.3 is 5.73 Å². The van der Waals surface area contributed by atoms with E-state index in [1.54, 1.807) is 0 Å². The van der Waals surface area contributed by atoms with Gasteiger partial charge in [-0.25, -0.2) is 4.79 Å². The van der Waals surface area contributed by atoms with E-state index in [-0.39, 0.29) is 4.31 Å². The Kier molecular flexibility index (Phi) is 2.83. The van der Waals surface area contributed by atoms with Gasteiger partial charge in [-0.2, -0.15) is 12.7 Å². The molecular weight excluding hydrogens is 172 g/mol. The summed E-state index contributed by atoms with van der Waals surface area (Å²) in [5.41, 5.74) is 4.67. The molecule has 0 aliphatic heterocycles. The molecule has 66 valence electrons. The van der Waals surface area contributed by atoms with Crippen LogP contribution in [-0.2, 0) is 10.3 Å². The van der Waals surface area contributed by atoms with Gasteiger partial charge in [-0.05, 0) is 13.8 Å². The molecule has 0 aromatic rings. The molecule has 2 amide bonds. The number of rotatable bonds is 2. The molecule has 0 aliphatic carbocycles. The maximum atomic E-state index is 10.4. The Morgan fingerprint density at radius 3 is 1.91 bits per heavy atom. The first-order valence-corrected chi connectivity index (χ1v) is 4.22. The standard InChI is InChI=1S/C4H10N2O4S/c1-3(2)6(4(5)7)11(8,9)10/h3H,1-2H3,(H2,5,7)(H,8,9,10). The molecule has 0 rings (SSSR count). The normalized spacial score (nSPS) is 11.6. The first-order chi connectivity index (χ1) is 4.76. The zero-order valence-electron chi connectivity index (χ0n) is 6.18.